The van der Waals surface area contributed by atoms with Crippen LogP contribution >= 0.6 is 0 Å². The summed E-state index contributed by atoms with van der Waals surface area (Å²) in [5.41, 5.74) is -1.08. The number of hydrogen-bond acceptors (Lipinski definition) is 3. The van der Waals surface area contributed by atoms with Gasteiger partial charge in [0.15, 0.2) is 0 Å². The lowest BCUT2D eigenvalue weighted by molar-refractivity contribution is -0.136. The van der Waals surface area contributed by atoms with Gasteiger partial charge in [-0.15, -0.1) is 0 Å². The van der Waals surface area contributed by atoms with Crippen molar-refractivity contribution in [1.29, 1.82) is 0 Å². The number of rotatable bonds is 1. The predicted molar refractivity (Wildman–Crippen MR) is 93.8 cm³/mol. The average Bonchev–Trinajstić information content (AvgIpc) is 2.88. The van der Waals surface area contributed by atoms with Crippen LogP contribution in [0, 0.1) is 19.7 Å². The Labute approximate surface area is 156 Å². The second-order valence-corrected chi connectivity index (χ2v) is 6.52. The Morgan fingerprint density at radius 1 is 0.964 bits per heavy atom. The number of carbonyl (C=O) groups is 2. The third kappa shape index (κ3) is 2.48. The van der Waals surface area contributed by atoms with E-state index in [2.05, 4.69) is 4.98 Å². The maximum Gasteiger partial charge on any atom is 0.418 e. The van der Waals surface area contributed by atoms with Crippen molar-refractivity contribution in [3.63, 3.8) is 0 Å². The Kier molecular flexibility index (Phi) is 3.78. The molecule has 0 saturated carbocycles. The van der Waals surface area contributed by atoms with Gasteiger partial charge in [0, 0.05) is 5.39 Å². The van der Waals surface area contributed by atoms with E-state index < -0.39 is 34.9 Å². The van der Waals surface area contributed by atoms with Crippen molar-refractivity contribution < 1.29 is 27.2 Å². The van der Waals surface area contributed by atoms with E-state index in [-0.39, 0.29) is 27.9 Å². The normalized spacial score (nSPS) is 14.1. The molecule has 142 valence electrons. The zero-order valence-electron chi connectivity index (χ0n) is 14.7. The van der Waals surface area contributed by atoms with Crippen molar-refractivity contribution in [2.24, 2.45) is 0 Å². The smallest absolute Gasteiger partial charge is 0.268 e. The molecule has 2 heterocycles. The number of halogens is 4. The summed E-state index contributed by atoms with van der Waals surface area (Å²) in [7, 11) is 0. The number of pyridine rings is 1. The number of carbonyl (C=O) groups excluding carboxylic acids is 2. The second-order valence-electron chi connectivity index (χ2n) is 6.52. The van der Waals surface area contributed by atoms with E-state index >= 15 is 0 Å². The van der Waals surface area contributed by atoms with Crippen LogP contribution in [0.25, 0.3) is 10.9 Å². The lowest BCUT2D eigenvalue weighted by atomic mass is 10.00. The quantitative estimate of drug-likeness (QED) is 0.444. The maximum absolute atomic E-state index is 13.7. The Balaban J connectivity index is 2.02. The van der Waals surface area contributed by atoms with Gasteiger partial charge in [0.25, 0.3) is 11.8 Å². The number of hydrogen-bond donors (Lipinski definition) is 0. The molecule has 1 aromatic heterocycles. The topological polar surface area (TPSA) is 50.3 Å². The van der Waals surface area contributed by atoms with Crippen molar-refractivity contribution >= 4 is 28.4 Å². The first-order chi connectivity index (χ1) is 13.1. The van der Waals surface area contributed by atoms with Gasteiger partial charge in [-0.3, -0.25) is 14.6 Å². The summed E-state index contributed by atoms with van der Waals surface area (Å²) in [4.78, 5) is 30.8. The number of amides is 2. The van der Waals surface area contributed by atoms with Gasteiger partial charge in [0.2, 0.25) is 0 Å². The van der Waals surface area contributed by atoms with Gasteiger partial charge >= 0.3 is 6.18 Å². The van der Waals surface area contributed by atoms with Crippen LogP contribution in [0.5, 0.6) is 0 Å². The number of fused-ring (bicyclic) bond motifs is 3. The number of anilines is 1. The van der Waals surface area contributed by atoms with Crippen LogP contribution in [0.3, 0.4) is 0 Å². The molecular formula is C20H12F4N2O2. The number of aromatic nitrogens is 1. The lowest BCUT2D eigenvalue weighted by Crippen LogP contribution is -2.30. The summed E-state index contributed by atoms with van der Waals surface area (Å²) in [6, 6.07) is 7.01. The summed E-state index contributed by atoms with van der Waals surface area (Å²) in [6.07, 6.45) is -4.67. The van der Waals surface area contributed by atoms with Gasteiger partial charge in [0.1, 0.15) is 5.82 Å². The summed E-state index contributed by atoms with van der Waals surface area (Å²) >= 11 is 0. The molecule has 28 heavy (non-hydrogen) atoms. The summed E-state index contributed by atoms with van der Waals surface area (Å²) in [6.45, 7) is 2.97. The van der Waals surface area contributed by atoms with Gasteiger partial charge in [-0.1, -0.05) is 18.2 Å². The van der Waals surface area contributed by atoms with E-state index in [1.165, 1.54) is 25.1 Å². The Hall–Kier alpha value is -3.29. The molecule has 0 saturated heterocycles. The highest BCUT2D eigenvalue weighted by atomic mass is 19.4. The highest BCUT2D eigenvalue weighted by Crippen LogP contribution is 2.39. The molecule has 2 aromatic carbocycles. The lowest BCUT2D eigenvalue weighted by Gasteiger charge is -2.16. The minimum absolute atomic E-state index is 0.00843. The monoisotopic (exact) mass is 388 g/mol. The molecule has 1 aliphatic heterocycles. The minimum atomic E-state index is -4.67. The van der Waals surface area contributed by atoms with E-state index in [1.54, 1.807) is 6.92 Å². The molecule has 0 unspecified atom stereocenters. The SMILES string of the molecule is Cc1ccc(F)cc1N1C(=O)c2c(C)nc3c(C(F)(F)F)cccc3c2C1=O. The van der Waals surface area contributed by atoms with Gasteiger partial charge < -0.3 is 0 Å². The first-order valence-electron chi connectivity index (χ1n) is 8.26. The number of aryl methyl sites for hydroxylation is 2. The molecule has 0 aliphatic carbocycles. The fourth-order valence-electron chi connectivity index (χ4n) is 3.48. The third-order valence-corrected chi connectivity index (χ3v) is 4.75. The van der Waals surface area contributed by atoms with Crippen molar-refractivity contribution in [2.75, 3.05) is 4.90 Å². The Morgan fingerprint density at radius 3 is 2.32 bits per heavy atom. The van der Waals surface area contributed by atoms with Crippen molar-refractivity contribution in [2.45, 2.75) is 20.0 Å². The van der Waals surface area contributed by atoms with Crippen molar-refractivity contribution in [3.8, 4) is 0 Å². The van der Waals surface area contributed by atoms with E-state index in [0.29, 0.717) is 5.56 Å². The first-order valence-corrected chi connectivity index (χ1v) is 8.26. The molecule has 0 fully saturated rings. The molecule has 4 nitrogen and oxygen atoms in total. The molecule has 0 bridgehead atoms. The van der Waals surface area contributed by atoms with Crippen LogP contribution in [0.15, 0.2) is 36.4 Å². The van der Waals surface area contributed by atoms with Gasteiger partial charge in [-0.25, -0.2) is 9.29 Å². The number of imide groups is 1. The number of alkyl halides is 3. The van der Waals surface area contributed by atoms with Crippen LogP contribution in [-0.4, -0.2) is 16.8 Å². The zero-order chi connectivity index (χ0) is 20.4. The Bertz CT molecular complexity index is 1190. The van der Waals surface area contributed by atoms with Gasteiger partial charge in [-0.2, -0.15) is 13.2 Å². The maximum atomic E-state index is 13.7. The first kappa shape index (κ1) is 18.1. The molecule has 8 heteroatoms. The Morgan fingerprint density at radius 2 is 1.64 bits per heavy atom. The van der Waals surface area contributed by atoms with Gasteiger partial charge in [0.05, 0.1) is 33.6 Å². The summed E-state index contributed by atoms with van der Waals surface area (Å²) in [5.74, 6) is -2.18. The highest BCUT2D eigenvalue weighted by molar-refractivity contribution is 6.38. The fourth-order valence-corrected chi connectivity index (χ4v) is 3.48. The van der Waals surface area contributed by atoms with Crippen molar-refractivity contribution in [1.82, 2.24) is 4.98 Å². The molecular weight excluding hydrogens is 376 g/mol. The van der Waals surface area contributed by atoms with Crippen LogP contribution in [0.1, 0.15) is 37.5 Å². The van der Waals surface area contributed by atoms with E-state index in [9.17, 15) is 27.2 Å². The minimum Gasteiger partial charge on any atom is -0.268 e. The van der Waals surface area contributed by atoms with E-state index in [0.717, 1.165) is 23.1 Å². The van der Waals surface area contributed by atoms with E-state index in [4.69, 9.17) is 0 Å². The number of para-hydroxylation sites is 1. The van der Waals surface area contributed by atoms with Crippen LogP contribution < -0.4 is 4.90 Å². The molecule has 1 aliphatic rings. The molecule has 2 amide bonds. The van der Waals surface area contributed by atoms with Crippen LogP contribution in [-0.2, 0) is 6.18 Å². The fraction of sp³-hybridized carbons (Fsp3) is 0.150. The summed E-state index contributed by atoms with van der Waals surface area (Å²) < 4.78 is 53.8. The average molecular weight is 388 g/mol. The number of nitrogens with zero attached hydrogens (tertiary/aromatic N) is 2. The molecule has 0 radical (unpaired) electrons. The molecule has 0 N–H and O–H groups in total. The second kappa shape index (κ2) is 5.85. The molecule has 0 atom stereocenters. The largest absolute Gasteiger partial charge is 0.418 e. The van der Waals surface area contributed by atoms with Crippen LogP contribution in [0.2, 0.25) is 0 Å². The summed E-state index contributed by atoms with van der Waals surface area (Å²) in [5, 5.41) is -0.0645. The van der Waals surface area contributed by atoms with E-state index in [1.807, 2.05) is 0 Å². The third-order valence-electron chi connectivity index (χ3n) is 4.75. The molecule has 3 aromatic rings. The van der Waals surface area contributed by atoms with Gasteiger partial charge in [-0.05, 0) is 37.6 Å². The molecule has 4 rings (SSSR count). The molecule has 0 spiro atoms. The van der Waals surface area contributed by atoms with Crippen LogP contribution in [0.4, 0.5) is 23.2 Å². The zero-order valence-corrected chi connectivity index (χ0v) is 14.7. The number of benzene rings is 2. The van der Waals surface area contributed by atoms with Crippen molar-refractivity contribution in [3.05, 3.63) is 70.2 Å². The predicted octanol–water partition coefficient (Wildman–Crippen LogP) is 4.81. The highest BCUT2D eigenvalue weighted by Gasteiger charge is 2.42. The standard InChI is InChI=1S/C20H12F4N2O2/c1-9-6-7-11(21)8-14(9)26-18(27)15-10(2)25-17-12(16(15)19(26)28)4-3-5-13(17)20(22,23)24/h3-8H,1-2H3.